The molecular weight excluding hydrogens is 324 g/mol. The zero-order chi connectivity index (χ0) is 17.3. The van der Waals surface area contributed by atoms with Gasteiger partial charge in [-0.2, -0.15) is 0 Å². The quantitative estimate of drug-likeness (QED) is 0.767. The van der Waals surface area contributed by atoms with Gasteiger partial charge in [0.2, 0.25) is 0 Å². The van der Waals surface area contributed by atoms with Crippen molar-refractivity contribution in [3.05, 3.63) is 28.1 Å². The van der Waals surface area contributed by atoms with Crippen LogP contribution in [0.5, 0.6) is 0 Å². The SMILES string of the molecule is COCCN1C(=O)C(c2cccs2)=C(N2CC(C)CC(C)C2)C1=O. The summed E-state index contributed by atoms with van der Waals surface area (Å²) in [6.45, 7) is 6.72. The van der Waals surface area contributed by atoms with E-state index in [1.165, 1.54) is 16.2 Å². The van der Waals surface area contributed by atoms with Crippen molar-refractivity contribution in [2.75, 3.05) is 33.4 Å². The number of amides is 2. The van der Waals surface area contributed by atoms with E-state index in [9.17, 15) is 9.59 Å². The van der Waals surface area contributed by atoms with E-state index in [0.29, 0.717) is 36.3 Å². The number of rotatable bonds is 5. The number of methoxy groups -OCH3 is 1. The van der Waals surface area contributed by atoms with E-state index in [2.05, 4.69) is 18.7 Å². The normalized spacial score (nSPS) is 25.1. The molecule has 0 radical (unpaired) electrons. The number of imide groups is 1. The first-order chi connectivity index (χ1) is 11.5. The Kier molecular flexibility index (Phi) is 5.06. The van der Waals surface area contributed by atoms with Crippen molar-refractivity contribution in [1.82, 2.24) is 9.80 Å². The van der Waals surface area contributed by atoms with Crippen molar-refractivity contribution >= 4 is 28.7 Å². The highest BCUT2D eigenvalue weighted by atomic mass is 32.1. The predicted octanol–water partition coefficient (Wildman–Crippen LogP) is 2.45. The Balaban J connectivity index is 1.99. The molecule has 0 saturated carbocycles. The van der Waals surface area contributed by atoms with Crippen molar-refractivity contribution < 1.29 is 14.3 Å². The van der Waals surface area contributed by atoms with E-state index >= 15 is 0 Å². The Bertz CT molecular complexity index is 643. The molecule has 1 saturated heterocycles. The molecule has 2 atom stereocenters. The number of carbonyl (C=O) groups excluding carboxylic acids is 2. The molecule has 1 aromatic heterocycles. The van der Waals surface area contributed by atoms with Crippen LogP contribution in [0.4, 0.5) is 0 Å². The smallest absolute Gasteiger partial charge is 0.277 e. The van der Waals surface area contributed by atoms with E-state index < -0.39 is 0 Å². The van der Waals surface area contributed by atoms with Crippen molar-refractivity contribution in [3.63, 3.8) is 0 Å². The zero-order valence-electron chi connectivity index (χ0n) is 14.4. The molecule has 2 aliphatic rings. The van der Waals surface area contributed by atoms with Gasteiger partial charge in [0.05, 0.1) is 18.7 Å². The van der Waals surface area contributed by atoms with Gasteiger partial charge < -0.3 is 9.64 Å². The summed E-state index contributed by atoms with van der Waals surface area (Å²) in [4.78, 5) is 30.2. The maximum atomic E-state index is 13.0. The second kappa shape index (κ2) is 7.07. The van der Waals surface area contributed by atoms with Crippen LogP contribution < -0.4 is 0 Å². The number of carbonyl (C=O) groups is 2. The summed E-state index contributed by atoms with van der Waals surface area (Å²) in [6, 6.07) is 3.84. The molecule has 2 amide bonds. The number of hydrogen-bond acceptors (Lipinski definition) is 5. The maximum absolute atomic E-state index is 13.0. The van der Waals surface area contributed by atoms with Crippen molar-refractivity contribution in [2.45, 2.75) is 20.3 Å². The average Bonchev–Trinajstić information content (AvgIpc) is 3.12. The van der Waals surface area contributed by atoms with E-state index in [0.717, 1.165) is 24.4 Å². The summed E-state index contributed by atoms with van der Waals surface area (Å²) in [6.07, 6.45) is 1.16. The van der Waals surface area contributed by atoms with Gasteiger partial charge in [-0.15, -0.1) is 11.3 Å². The zero-order valence-corrected chi connectivity index (χ0v) is 15.3. The fourth-order valence-corrected chi connectivity index (χ4v) is 4.49. The van der Waals surface area contributed by atoms with Gasteiger partial charge >= 0.3 is 0 Å². The molecule has 2 unspecified atom stereocenters. The lowest BCUT2D eigenvalue weighted by Crippen LogP contribution is -2.42. The van der Waals surface area contributed by atoms with Gasteiger partial charge in [-0.25, -0.2) is 0 Å². The maximum Gasteiger partial charge on any atom is 0.277 e. The van der Waals surface area contributed by atoms with Crippen molar-refractivity contribution in [1.29, 1.82) is 0 Å². The Morgan fingerprint density at radius 1 is 1.21 bits per heavy atom. The summed E-state index contributed by atoms with van der Waals surface area (Å²) >= 11 is 1.51. The number of thiophene rings is 1. The van der Waals surface area contributed by atoms with Gasteiger partial charge in [0.1, 0.15) is 5.70 Å². The Morgan fingerprint density at radius 2 is 1.92 bits per heavy atom. The largest absolute Gasteiger partial charge is 0.383 e. The Labute approximate surface area is 146 Å². The Hall–Kier alpha value is -1.66. The van der Waals surface area contributed by atoms with E-state index in [4.69, 9.17) is 4.74 Å². The second-order valence-corrected chi connectivity index (χ2v) is 7.75. The third kappa shape index (κ3) is 3.13. The minimum atomic E-state index is -0.194. The summed E-state index contributed by atoms with van der Waals surface area (Å²) in [5, 5.41) is 1.94. The van der Waals surface area contributed by atoms with Crippen LogP contribution in [0.15, 0.2) is 23.2 Å². The first-order valence-electron chi connectivity index (χ1n) is 8.41. The molecule has 24 heavy (non-hydrogen) atoms. The summed E-state index contributed by atoms with van der Waals surface area (Å²) in [5.74, 6) is 0.658. The number of hydrogen-bond donors (Lipinski definition) is 0. The molecule has 1 aromatic rings. The molecule has 0 aromatic carbocycles. The van der Waals surface area contributed by atoms with Crippen LogP contribution in [-0.2, 0) is 14.3 Å². The van der Waals surface area contributed by atoms with Crippen molar-refractivity contribution in [3.8, 4) is 0 Å². The predicted molar refractivity (Wildman–Crippen MR) is 94.4 cm³/mol. The minimum Gasteiger partial charge on any atom is -0.383 e. The molecule has 0 aliphatic carbocycles. The van der Waals surface area contributed by atoms with Gasteiger partial charge in [-0.05, 0) is 29.7 Å². The monoisotopic (exact) mass is 348 g/mol. The van der Waals surface area contributed by atoms with E-state index in [1.54, 1.807) is 7.11 Å². The van der Waals surface area contributed by atoms with E-state index in [1.807, 2.05) is 17.5 Å². The fourth-order valence-electron chi connectivity index (χ4n) is 3.73. The molecule has 130 valence electrons. The molecule has 5 nitrogen and oxygen atoms in total. The molecule has 3 rings (SSSR count). The number of ether oxygens (including phenoxy) is 1. The average molecular weight is 348 g/mol. The van der Waals surface area contributed by atoms with Crippen LogP contribution in [0.3, 0.4) is 0 Å². The molecule has 3 heterocycles. The highest BCUT2D eigenvalue weighted by molar-refractivity contribution is 7.11. The third-order valence-electron chi connectivity index (χ3n) is 4.62. The first kappa shape index (κ1) is 17.2. The molecule has 0 bridgehead atoms. The number of likely N-dealkylation sites (tertiary alicyclic amines) is 1. The van der Waals surface area contributed by atoms with Gasteiger partial charge in [0.25, 0.3) is 11.8 Å². The molecular formula is C18H24N2O3S. The van der Waals surface area contributed by atoms with E-state index in [-0.39, 0.29) is 11.8 Å². The molecule has 1 fully saturated rings. The van der Waals surface area contributed by atoms with Crippen molar-refractivity contribution in [2.24, 2.45) is 11.8 Å². The van der Waals surface area contributed by atoms with Crippen LogP contribution in [0.25, 0.3) is 5.57 Å². The molecule has 6 heteroatoms. The number of piperidine rings is 1. The highest BCUT2D eigenvalue weighted by Gasteiger charge is 2.42. The standard InChI is InChI=1S/C18H24N2O3S/c1-12-9-13(2)11-19(10-12)16-15(14-5-4-8-24-14)17(21)20(18(16)22)6-7-23-3/h4-5,8,12-13H,6-7,9-11H2,1-3H3. The van der Waals surface area contributed by atoms with Crippen LogP contribution in [-0.4, -0.2) is 55.0 Å². The lowest BCUT2D eigenvalue weighted by Gasteiger charge is -2.37. The molecule has 0 N–H and O–H groups in total. The number of nitrogens with zero attached hydrogens (tertiary/aromatic N) is 2. The van der Waals surface area contributed by atoms with Crippen LogP contribution in [0.1, 0.15) is 25.1 Å². The van der Waals surface area contributed by atoms with Crippen LogP contribution >= 0.6 is 11.3 Å². The lowest BCUT2D eigenvalue weighted by molar-refractivity contribution is -0.138. The fraction of sp³-hybridized carbons (Fsp3) is 0.556. The topological polar surface area (TPSA) is 49.9 Å². The van der Waals surface area contributed by atoms with Gasteiger partial charge in [-0.3, -0.25) is 14.5 Å². The summed E-state index contributed by atoms with van der Waals surface area (Å²) in [7, 11) is 1.58. The van der Waals surface area contributed by atoms with Gasteiger partial charge in [0.15, 0.2) is 0 Å². The first-order valence-corrected chi connectivity index (χ1v) is 9.29. The van der Waals surface area contributed by atoms with Gasteiger partial charge in [0, 0.05) is 25.1 Å². The summed E-state index contributed by atoms with van der Waals surface area (Å²) < 4.78 is 5.07. The Morgan fingerprint density at radius 3 is 2.50 bits per heavy atom. The molecule has 2 aliphatic heterocycles. The second-order valence-electron chi connectivity index (χ2n) is 6.81. The third-order valence-corrected chi connectivity index (χ3v) is 5.50. The minimum absolute atomic E-state index is 0.179. The van der Waals surface area contributed by atoms with Crippen LogP contribution in [0.2, 0.25) is 0 Å². The van der Waals surface area contributed by atoms with Gasteiger partial charge in [-0.1, -0.05) is 19.9 Å². The lowest BCUT2D eigenvalue weighted by atomic mass is 9.91. The highest BCUT2D eigenvalue weighted by Crippen LogP contribution is 2.36. The summed E-state index contributed by atoms with van der Waals surface area (Å²) in [5.41, 5.74) is 1.14. The van der Waals surface area contributed by atoms with Crippen LogP contribution in [0, 0.1) is 11.8 Å². The molecule has 0 spiro atoms.